The van der Waals surface area contributed by atoms with Crippen LogP contribution in [0, 0.1) is 5.82 Å². The molecule has 0 saturated heterocycles. The van der Waals surface area contributed by atoms with Crippen molar-refractivity contribution in [1.29, 1.82) is 0 Å². The predicted molar refractivity (Wildman–Crippen MR) is 82.4 cm³/mol. The summed E-state index contributed by atoms with van der Waals surface area (Å²) in [5.74, 6) is -0.736. The number of sulfonamides is 1. The second-order valence-corrected chi connectivity index (χ2v) is 6.63. The molecular weight excluding hydrogens is 309 g/mol. The van der Waals surface area contributed by atoms with E-state index in [-0.39, 0.29) is 29.8 Å². The quantitative estimate of drug-likeness (QED) is 0.619. The van der Waals surface area contributed by atoms with Crippen molar-refractivity contribution in [1.82, 2.24) is 15.4 Å². The molecule has 0 saturated carbocycles. The maximum atomic E-state index is 12.8. The molecule has 1 rings (SSSR count). The van der Waals surface area contributed by atoms with Crippen molar-refractivity contribution < 1.29 is 17.6 Å². The van der Waals surface area contributed by atoms with Gasteiger partial charge >= 0.3 is 0 Å². The first kappa shape index (κ1) is 18.5. The Morgan fingerprint density at radius 1 is 1.27 bits per heavy atom. The van der Waals surface area contributed by atoms with Gasteiger partial charge in [-0.15, -0.1) is 0 Å². The van der Waals surface area contributed by atoms with E-state index in [4.69, 9.17) is 0 Å². The Bertz CT molecular complexity index is 576. The van der Waals surface area contributed by atoms with E-state index >= 15 is 0 Å². The lowest BCUT2D eigenvalue weighted by Crippen LogP contribution is -2.39. The van der Waals surface area contributed by atoms with Gasteiger partial charge in [0.1, 0.15) is 5.82 Å². The van der Waals surface area contributed by atoms with Gasteiger partial charge in [0.15, 0.2) is 0 Å². The Morgan fingerprint density at radius 2 is 1.91 bits per heavy atom. The summed E-state index contributed by atoms with van der Waals surface area (Å²) in [6.07, 6.45) is 0.0409. The maximum Gasteiger partial charge on any atom is 0.240 e. The van der Waals surface area contributed by atoms with Crippen LogP contribution in [-0.2, 0) is 14.8 Å². The van der Waals surface area contributed by atoms with E-state index in [0.29, 0.717) is 6.54 Å². The fourth-order valence-corrected chi connectivity index (χ4v) is 2.80. The minimum atomic E-state index is -3.72. The Kier molecular flexibility index (Phi) is 7.43. The number of halogens is 1. The second-order valence-electron chi connectivity index (χ2n) is 4.86. The SMILES string of the molecule is CCN[C@H](C)CNC(=O)CCNS(=O)(=O)c1ccc(F)cc1. The largest absolute Gasteiger partial charge is 0.355 e. The molecule has 0 aliphatic heterocycles. The average Bonchev–Trinajstić information content (AvgIpc) is 2.46. The highest BCUT2D eigenvalue weighted by atomic mass is 32.2. The van der Waals surface area contributed by atoms with Gasteiger partial charge in [0, 0.05) is 25.6 Å². The number of likely N-dealkylation sites (N-methyl/N-ethyl adjacent to an activating group) is 1. The number of carbonyl (C=O) groups is 1. The van der Waals surface area contributed by atoms with E-state index in [1.54, 1.807) is 0 Å². The fraction of sp³-hybridized carbons (Fsp3) is 0.500. The van der Waals surface area contributed by atoms with Gasteiger partial charge in [-0.05, 0) is 37.7 Å². The lowest BCUT2D eigenvalue weighted by atomic mass is 10.3. The topological polar surface area (TPSA) is 87.3 Å². The first-order chi connectivity index (χ1) is 10.3. The van der Waals surface area contributed by atoms with E-state index < -0.39 is 15.8 Å². The molecule has 6 nitrogen and oxygen atoms in total. The minimum Gasteiger partial charge on any atom is -0.355 e. The summed E-state index contributed by atoms with van der Waals surface area (Å²) < 4.78 is 38.9. The maximum absolute atomic E-state index is 12.8. The molecular formula is C14H22FN3O3S. The smallest absolute Gasteiger partial charge is 0.240 e. The molecule has 0 radical (unpaired) electrons. The summed E-state index contributed by atoms with van der Waals surface area (Å²) in [6, 6.07) is 4.66. The lowest BCUT2D eigenvalue weighted by Gasteiger charge is -2.13. The van der Waals surface area contributed by atoms with Crippen molar-refractivity contribution in [3.8, 4) is 0 Å². The van der Waals surface area contributed by atoms with Crippen molar-refractivity contribution in [3.05, 3.63) is 30.1 Å². The number of hydrogen-bond donors (Lipinski definition) is 3. The van der Waals surface area contributed by atoms with Crippen LogP contribution < -0.4 is 15.4 Å². The first-order valence-corrected chi connectivity index (χ1v) is 8.58. The number of hydrogen-bond acceptors (Lipinski definition) is 4. The van der Waals surface area contributed by atoms with Crippen LogP contribution in [0.5, 0.6) is 0 Å². The molecule has 22 heavy (non-hydrogen) atoms. The van der Waals surface area contributed by atoms with Crippen LogP contribution in [-0.4, -0.2) is 40.0 Å². The second kappa shape index (κ2) is 8.82. The Balaban J connectivity index is 2.36. The molecule has 124 valence electrons. The van der Waals surface area contributed by atoms with Gasteiger partial charge in [-0.3, -0.25) is 4.79 Å². The van der Waals surface area contributed by atoms with Crippen molar-refractivity contribution in [2.45, 2.75) is 31.2 Å². The van der Waals surface area contributed by atoms with Gasteiger partial charge in [0.25, 0.3) is 0 Å². The third-order valence-electron chi connectivity index (χ3n) is 2.93. The molecule has 1 amide bonds. The van der Waals surface area contributed by atoms with Crippen LogP contribution in [0.1, 0.15) is 20.3 Å². The fourth-order valence-electron chi connectivity index (χ4n) is 1.77. The molecule has 1 aromatic carbocycles. The normalized spacial score (nSPS) is 12.9. The third kappa shape index (κ3) is 6.50. The summed E-state index contributed by atoms with van der Waals surface area (Å²) in [4.78, 5) is 11.6. The molecule has 0 heterocycles. The zero-order valence-corrected chi connectivity index (χ0v) is 13.5. The van der Waals surface area contributed by atoms with Gasteiger partial charge in [0.05, 0.1) is 4.90 Å². The molecule has 0 aliphatic carbocycles. The van der Waals surface area contributed by atoms with Crippen LogP contribution in [0.3, 0.4) is 0 Å². The third-order valence-corrected chi connectivity index (χ3v) is 4.40. The van der Waals surface area contributed by atoms with E-state index in [0.717, 1.165) is 18.7 Å². The standard InChI is InChI=1S/C14H22FN3O3S/c1-3-16-11(2)10-17-14(19)8-9-18-22(20,21)13-6-4-12(15)5-7-13/h4-7,11,16,18H,3,8-10H2,1-2H3,(H,17,19)/t11-/m1/s1. The Hall–Kier alpha value is -1.51. The number of nitrogens with one attached hydrogen (secondary N) is 3. The lowest BCUT2D eigenvalue weighted by molar-refractivity contribution is -0.121. The monoisotopic (exact) mass is 331 g/mol. The average molecular weight is 331 g/mol. The summed E-state index contributed by atoms with van der Waals surface area (Å²) >= 11 is 0. The minimum absolute atomic E-state index is 0.0128. The summed E-state index contributed by atoms with van der Waals surface area (Å²) in [7, 11) is -3.72. The molecule has 8 heteroatoms. The number of benzene rings is 1. The molecule has 0 unspecified atom stereocenters. The van der Waals surface area contributed by atoms with Crippen molar-refractivity contribution in [3.63, 3.8) is 0 Å². The highest BCUT2D eigenvalue weighted by molar-refractivity contribution is 7.89. The summed E-state index contributed by atoms with van der Waals surface area (Å²) in [5, 5.41) is 5.87. The van der Waals surface area contributed by atoms with Crippen molar-refractivity contribution in [2.24, 2.45) is 0 Å². The Morgan fingerprint density at radius 3 is 2.50 bits per heavy atom. The predicted octanol–water partition coefficient (Wildman–Crippen LogP) is 0.608. The summed E-state index contributed by atoms with van der Waals surface area (Å²) in [6.45, 7) is 5.20. The molecule has 0 aromatic heterocycles. The van der Waals surface area contributed by atoms with Crippen molar-refractivity contribution in [2.75, 3.05) is 19.6 Å². The van der Waals surface area contributed by atoms with E-state index in [2.05, 4.69) is 15.4 Å². The van der Waals surface area contributed by atoms with Gasteiger partial charge in [0.2, 0.25) is 15.9 Å². The molecule has 3 N–H and O–H groups in total. The number of amides is 1. The van der Waals surface area contributed by atoms with Crippen LogP contribution in [0.4, 0.5) is 4.39 Å². The van der Waals surface area contributed by atoms with Gasteiger partial charge < -0.3 is 10.6 Å². The molecule has 0 spiro atoms. The van der Waals surface area contributed by atoms with Gasteiger partial charge in [-0.2, -0.15) is 0 Å². The van der Waals surface area contributed by atoms with Crippen molar-refractivity contribution >= 4 is 15.9 Å². The molecule has 0 fully saturated rings. The highest BCUT2D eigenvalue weighted by Gasteiger charge is 2.14. The number of rotatable bonds is 9. The van der Waals surface area contributed by atoms with E-state index in [9.17, 15) is 17.6 Å². The van der Waals surface area contributed by atoms with Crippen LogP contribution in [0.15, 0.2) is 29.2 Å². The van der Waals surface area contributed by atoms with Crippen LogP contribution >= 0.6 is 0 Å². The van der Waals surface area contributed by atoms with E-state index in [1.165, 1.54) is 12.1 Å². The van der Waals surface area contributed by atoms with Gasteiger partial charge in [-0.1, -0.05) is 6.92 Å². The first-order valence-electron chi connectivity index (χ1n) is 7.10. The zero-order valence-electron chi connectivity index (χ0n) is 12.7. The van der Waals surface area contributed by atoms with Gasteiger partial charge in [-0.25, -0.2) is 17.5 Å². The van der Waals surface area contributed by atoms with Crippen LogP contribution in [0.25, 0.3) is 0 Å². The van der Waals surface area contributed by atoms with Crippen LogP contribution in [0.2, 0.25) is 0 Å². The highest BCUT2D eigenvalue weighted by Crippen LogP contribution is 2.09. The molecule has 0 bridgehead atoms. The Labute approximate surface area is 130 Å². The number of carbonyl (C=O) groups excluding carboxylic acids is 1. The summed E-state index contributed by atoms with van der Waals surface area (Å²) in [5.41, 5.74) is 0. The molecule has 1 aromatic rings. The molecule has 1 atom stereocenters. The zero-order chi connectivity index (χ0) is 16.6. The molecule has 0 aliphatic rings. The van der Waals surface area contributed by atoms with E-state index in [1.807, 2.05) is 13.8 Å².